The number of aromatic amines is 1. The van der Waals surface area contributed by atoms with Gasteiger partial charge in [0, 0.05) is 35.6 Å². The average molecular weight is 446 g/mol. The minimum absolute atomic E-state index is 0.00423. The van der Waals surface area contributed by atoms with Gasteiger partial charge in [-0.2, -0.15) is 0 Å². The summed E-state index contributed by atoms with van der Waals surface area (Å²) in [5, 5.41) is 10.4. The monoisotopic (exact) mass is 446 g/mol. The van der Waals surface area contributed by atoms with E-state index in [9.17, 15) is 14.4 Å². The van der Waals surface area contributed by atoms with Gasteiger partial charge in [-0.3, -0.25) is 9.88 Å². The molecular formula is C20H22N4O6S. The Kier molecular flexibility index (Phi) is 6.42. The number of anilines is 1. The Morgan fingerprint density at radius 2 is 2.26 bits per heavy atom. The molecule has 3 aromatic rings. The minimum atomic E-state index is -0.585. The first kappa shape index (κ1) is 21.2. The fourth-order valence-electron chi connectivity index (χ4n) is 3.42. The van der Waals surface area contributed by atoms with Gasteiger partial charge in [0.25, 0.3) is 0 Å². The van der Waals surface area contributed by atoms with Crippen LogP contribution in [0.4, 0.5) is 10.5 Å². The summed E-state index contributed by atoms with van der Waals surface area (Å²) in [4.78, 5) is 35.8. The molecule has 1 aliphatic heterocycles. The van der Waals surface area contributed by atoms with E-state index in [4.69, 9.17) is 13.9 Å². The van der Waals surface area contributed by atoms with Crippen LogP contribution in [0.3, 0.4) is 0 Å². The molecule has 2 aromatic heterocycles. The number of nitrogens with zero attached hydrogens (tertiary/aromatic N) is 2. The number of hydrogen-bond donors (Lipinski definition) is 2. The molecule has 164 valence electrons. The molecule has 31 heavy (non-hydrogen) atoms. The highest BCUT2D eigenvalue weighted by atomic mass is 32.2. The molecule has 11 heteroatoms. The summed E-state index contributed by atoms with van der Waals surface area (Å²) in [7, 11) is 0. The Bertz CT molecular complexity index is 1190. The van der Waals surface area contributed by atoms with E-state index in [1.165, 1.54) is 17.8 Å². The number of aromatic nitrogens is 3. The van der Waals surface area contributed by atoms with E-state index in [0.717, 1.165) is 23.8 Å². The Balaban J connectivity index is 1.54. The number of fused-ring (bicyclic) bond motifs is 1. The normalized spacial score (nSPS) is 16.0. The van der Waals surface area contributed by atoms with Crippen molar-refractivity contribution in [2.24, 2.45) is 0 Å². The molecule has 1 aromatic carbocycles. The van der Waals surface area contributed by atoms with Gasteiger partial charge in [-0.25, -0.2) is 19.5 Å². The summed E-state index contributed by atoms with van der Waals surface area (Å²) >= 11 is 1.34. The molecule has 0 aliphatic carbocycles. The molecule has 4 rings (SSSR count). The highest BCUT2D eigenvalue weighted by Crippen LogP contribution is 2.27. The third-order valence-corrected chi connectivity index (χ3v) is 5.87. The van der Waals surface area contributed by atoms with Crippen molar-refractivity contribution in [1.82, 2.24) is 14.8 Å². The second kappa shape index (κ2) is 9.40. The van der Waals surface area contributed by atoms with Crippen molar-refractivity contribution in [2.75, 3.05) is 18.5 Å². The van der Waals surface area contributed by atoms with Gasteiger partial charge in [-0.05, 0) is 37.5 Å². The zero-order valence-corrected chi connectivity index (χ0v) is 17.7. The maximum absolute atomic E-state index is 12.1. The van der Waals surface area contributed by atoms with Gasteiger partial charge in [-0.1, -0.05) is 11.8 Å². The van der Waals surface area contributed by atoms with Crippen molar-refractivity contribution in [2.45, 2.75) is 43.3 Å². The third kappa shape index (κ3) is 5.00. The summed E-state index contributed by atoms with van der Waals surface area (Å²) < 4.78 is 17.4. The van der Waals surface area contributed by atoms with Gasteiger partial charge in [0.1, 0.15) is 5.58 Å². The lowest BCUT2D eigenvalue weighted by atomic mass is 10.1. The van der Waals surface area contributed by atoms with Gasteiger partial charge >= 0.3 is 17.4 Å². The highest BCUT2D eigenvalue weighted by Gasteiger charge is 2.20. The number of rotatable bonds is 7. The molecule has 0 saturated carbocycles. The highest BCUT2D eigenvalue weighted by molar-refractivity contribution is 7.98. The topological polar surface area (TPSA) is 128 Å². The lowest BCUT2D eigenvalue weighted by Crippen LogP contribution is -2.24. The zero-order chi connectivity index (χ0) is 21.8. The third-order valence-electron chi connectivity index (χ3n) is 4.84. The van der Waals surface area contributed by atoms with Crippen molar-refractivity contribution in [1.29, 1.82) is 0 Å². The van der Waals surface area contributed by atoms with Crippen molar-refractivity contribution in [3.05, 3.63) is 50.7 Å². The van der Waals surface area contributed by atoms with Gasteiger partial charge in [0.15, 0.2) is 5.16 Å². The molecule has 0 radical (unpaired) electrons. The van der Waals surface area contributed by atoms with Crippen LogP contribution in [-0.2, 0) is 21.8 Å². The predicted octanol–water partition coefficient (Wildman–Crippen LogP) is 2.72. The summed E-state index contributed by atoms with van der Waals surface area (Å²) in [6.07, 6.45) is 1.32. The van der Waals surface area contributed by atoms with Crippen LogP contribution in [-0.4, -0.2) is 40.2 Å². The van der Waals surface area contributed by atoms with Gasteiger partial charge < -0.3 is 13.9 Å². The first-order chi connectivity index (χ1) is 15.0. The van der Waals surface area contributed by atoms with Crippen LogP contribution in [0, 0.1) is 0 Å². The predicted molar refractivity (Wildman–Crippen MR) is 115 cm³/mol. The second-order valence-electron chi connectivity index (χ2n) is 6.99. The lowest BCUT2D eigenvalue weighted by Gasteiger charge is -2.11. The number of hydrogen-bond acceptors (Lipinski definition) is 8. The number of H-pyrrole nitrogens is 1. The first-order valence-electron chi connectivity index (χ1n) is 9.93. The smallest absolute Gasteiger partial charge is 0.411 e. The van der Waals surface area contributed by atoms with Gasteiger partial charge in [0.2, 0.25) is 0 Å². The summed E-state index contributed by atoms with van der Waals surface area (Å²) in [6, 6.07) is 6.46. The number of carbonyl (C=O) groups is 1. The minimum Gasteiger partial charge on any atom is -0.450 e. The number of benzene rings is 1. The Morgan fingerprint density at radius 1 is 1.39 bits per heavy atom. The maximum atomic E-state index is 12.1. The Labute approximate surface area is 180 Å². The van der Waals surface area contributed by atoms with E-state index in [1.54, 1.807) is 29.7 Å². The van der Waals surface area contributed by atoms with Gasteiger partial charge in [0.05, 0.1) is 19.3 Å². The van der Waals surface area contributed by atoms with Crippen LogP contribution in [0.15, 0.2) is 43.4 Å². The van der Waals surface area contributed by atoms with E-state index in [2.05, 4.69) is 15.5 Å². The zero-order valence-electron chi connectivity index (χ0n) is 16.9. The maximum Gasteiger partial charge on any atom is 0.411 e. The summed E-state index contributed by atoms with van der Waals surface area (Å²) in [6.45, 7) is 3.11. The van der Waals surface area contributed by atoms with E-state index in [1.807, 2.05) is 0 Å². The molecule has 1 fully saturated rings. The van der Waals surface area contributed by atoms with Gasteiger partial charge in [-0.15, -0.1) is 5.10 Å². The number of ether oxygens (including phenoxy) is 2. The number of thioether (sulfide) groups is 1. The SMILES string of the molecule is CCOC(=O)Nc1ccc2c(CSc3n[nH]c(=O)n3CC3CCCO3)cc(=O)oc2c1. The first-order valence-corrected chi connectivity index (χ1v) is 10.9. The summed E-state index contributed by atoms with van der Waals surface area (Å²) in [5.41, 5.74) is 0.742. The van der Waals surface area contributed by atoms with Crippen LogP contribution in [0.1, 0.15) is 25.3 Å². The largest absolute Gasteiger partial charge is 0.450 e. The van der Waals surface area contributed by atoms with Crippen LogP contribution < -0.4 is 16.6 Å². The fraction of sp³-hybridized carbons (Fsp3) is 0.400. The van der Waals surface area contributed by atoms with Crippen molar-refractivity contribution >= 4 is 34.5 Å². The van der Waals surface area contributed by atoms with E-state index < -0.39 is 11.7 Å². The molecule has 2 N–H and O–H groups in total. The average Bonchev–Trinajstić information content (AvgIpc) is 3.37. The summed E-state index contributed by atoms with van der Waals surface area (Å²) in [5.74, 6) is 0.405. The number of carbonyl (C=O) groups excluding carboxylic acids is 1. The van der Waals surface area contributed by atoms with Crippen molar-refractivity contribution in [3.8, 4) is 0 Å². The second-order valence-corrected chi connectivity index (χ2v) is 7.94. The van der Waals surface area contributed by atoms with Crippen molar-refractivity contribution in [3.63, 3.8) is 0 Å². The molecular weight excluding hydrogens is 424 g/mol. The van der Waals surface area contributed by atoms with E-state index in [0.29, 0.717) is 35.3 Å². The quantitative estimate of drug-likeness (QED) is 0.419. The van der Waals surface area contributed by atoms with E-state index >= 15 is 0 Å². The van der Waals surface area contributed by atoms with Crippen molar-refractivity contribution < 1.29 is 18.7 Å². The standard InChI is InChI=1S/C20H22N4O6S/c1-2-28-20(27)21-13-5-6-15-12(8-17(25)30-16(15)9-13)11-31-19-23-22-18(26)24(19)10-14-4-3-7-29-14/h5-6,8-9,14H,2-4,7,10-11H2,1H3,(H,21,27)(H,22,26). The fourth-order valence-corrected chi connectivity index (χ4v) is 4.37. The molecule has 10 nitrogen and oxygen atoms in total. The molecule has 1 atom stereocenters. The molecule has 1 saturated heterocycles. The van der Waals surface area contributed by atoms with E-state index in [-0.39, 0.29) is 18.4 Å². The van der Waals surface area contributed by atoms with Crippen LogP contribution in [0.25, 0.3) is 11.0 Å². The number of amides is 1. The Morgan fingerprint density at radius 3 is 3.03 bits per heavy atom. The molecule has 0 spiro atoms. The van der Waals surface area contributed by atoms with Crippen LogP contribution in [0.2, 0.25) is 0 Å². The molecule has 1 aliphatic rings. The van der Waals surface area contributed by atoms with Crippen LogP contribution in [0.5, 0.6) is 0 Å². The number of nitrogens with one attached hydrogen (secondary N) is 2. The molecule has 0 bridgehead atoms. The molecule has 1 unspecified atom stereocenters. The Hall–Kier alpha value is -3.05. The molecule has 1 amide bonds. The van der Waals surface area contributed by atoms with Crippen LogP contribution >= 0.6 is 11.8 Å². The molecule has 3 heterocycles. The lowest BCUT2D eigenvalue weighted by molar-refractivity contribution is 0.0941.